The van der Waals surface area contributed by atoms with Crippen LogP contribution in [0.1, 0.15) is 6.92 Å². The molecule has 0 fully saturated rings. The van der Waals surface area contributed by atoms with Crippen LogP contribution in [0.4, 0.5) is 5.69 Å². The zero-order valence-electron chi connectivity index (χ0n) is 15.0. The fourth-order valence-electron chi connectivity index (χ4n) is 2.97. The van der Waals surface area contributed by atoms with E-state index in [1.54, 1.807) is 13.3 Å². The lowest BCUT2D eigenvalue weighted by Gasteiger charge is -2.08. The maximum atomic E-state index is 11.3. The SMILES string of the molecule is COc1ccc(-c2cnc3cnc(-c4cccc(NC(C)=O)c4)cn23)cc1. The van der Waals surface area contributed by atoms with Crippen LogP contribution in [-0.2, 0) is 4.79 Å². The highest BCUT2D eigenvalue weighted by Crippen LogP contribution is 2.26. The summed E-state index contributed by atoms with van der Waals surface area (Å²) in [5.41, 5.74) is 5.22. The second kappa shape index (κ2) is 6.92. The number of nitrogens with one attached hydrogen (secondary N) is 1. The van der Waals surface area contributed by atoms with E-state index in [0.29, 0.717) is 0 Å². The van der Waals surface area contributed by atoms with Crippen molar-refractivity contribution in [3.8, 4) is 28.3 Å². The average molecular weight is 358 g/mol. The summed E-state index contributed by atoms with van der Waals surface area (Å²) < 4.78 is 7.24. The van der Waals surface area contributed by atoms with Crippen LogP contribution < -0.4 is 10.1 Å². The number of fused-ring (bicyclic) bond motifs is 1. The molecule has 4 aromatic rings. The normalized spacial score (nSPS) is 10.7. The van der Waals surface area contributed by atoms with Crippen LogP contribution in [0.2, 0.25) is 0 Å². The fraction of sp³-hybridized carbons (Fsp3) is 0.0952. The second-order valence-corrected chi connectivity index (χ2v) is 6.13. The molecular weight excluding hydrogens is 340 g/mol. The molecule has 0 saturated heterocycles. The van der Waals surface area contributed by atoms with E-state index in [1.807, 2.05) is 65.3 Å². The quantitative estimate of drug-likeness (QED) is 0.598. The van der Waals surface area contributed by atoms with E-state index in [4.69, 9.17) is 4.74 Å². The molecular formula is C21H18N4O2. The van der Waals surface area contributed by atoms with Crippen molar-refractivity contribution in [2.45, 2.75) is 6.92 Å². The van der Waals surface area contributed by atoms with E-state index < -0.39 is 0 Å². The summed E-state index contributed by atoms with van der Waals surface area (Å²) in [6, 6.07) is 15.5. The van der Waals surface area contributed by atoms with Crippen molar-refractivity contribution in [1.29, 1.82) is 0 Å². The zero-order valence-corrected chi connectivity index (χ0v) is 15.0. The third-order valence-electron chi connectivity index (χ3n) is 4.26. The summed E-state index contributed by atoms with van der Waals surface area (Å²) in [6.07, 6.45) is 5.53. The first-order chi connectivity index (χ1) is 13.1. The van der Waals surface area contributed by atoms with Crippen molar-refractivity contribution in [2.24, 2.45) is 0 Å². The van der Waals surface area contributed by atoms with Crippen molar-refractivity contribution < 1.29 is 9.53 Å². The number of hydrogen-bond acceptors (Lipinski definition) is 4. The van der Waals surface area contributed by atoms with Gasteiger partial charge in [-0.15, -0.1) is 0 Å². The average Bonchev–Trinajstić information content (AvgIpc) is 3.11. The van der Waals surface area contributed by atoms with Crippen molar-refractivity contribution in [3.63, 3.8) is 0 Å². The number of methoxy groups -OCH3 is 1. The Morgan fingerprint density at radius 3 is 2.59 bits per heavy atom. The van der Waals surface area contributed by atoms with Gasteiger partial charge in [0.2, 0.25) is 5.91 Å². The number of ether oxygens (including phenoxy) is 1. The largest absolute Gasteiger partial charge is 0.497 e. The van der Waals surface area contributed by atoms with Gasteiger partial charge in [0.1, 0.15) is 5.75 Å². The lowest BCUT2D eigenvalue weighted by Crippen LogP contribution is -2.05. The monoisotopic (exact) mass is 358 g/mol. The summed E-state index contributed by atoms with van der Waals surface area (Å²) in [5.74, 6) is 0.705. The van der Waals surface area contributed by atoms with E-state index in [0.717, 1.165) is 39.6 Å². The Hall–Kier alpha value is -3.67. The number of rotatable bonds is 4. The number of benzene rings is 2. The first kappa shape index (κ1) is 16.8. The smallest absolute Gasteiger partial charge is 0.221 e. The molecule has 4 rings (SSSR count). The van der Waals surface area contributed by atoms with Crippen molar-refractivity contribution in [2.75, 3.05) is 12.4 Å². The van der Waals surface area contributed by atoms with Gasteiger partial charge in [0, 0.05) is 29.9 Å². The number of aromatic nitrogens is 3. The summed E-state index contributed by atoms with van der Waals surface area (Å²) in [5, 5.41) is 2.80. The topological polar surface area (TPSA) is 68.5 Å². The highest BCUT2D eigenvalue weighted by Gasteiger charge is 2.09. The molecule has 2 aromatic carbocycles. The number of imidazole rings is 1. The van der Waals surface area contributed by atoms with E-state index in [2.05, 4.69) is 15.3 Å². The Morgan fingerprint density at radius 1 is 1.04 bits per heavy atom. The van der Waals surface area contributed by atoms with E-state index in [-0.39, 0.29) is 5.91 Å². The highest BCUT2D eigenvalue weighted by molar-refractivity contribution is 5.89. The molecule has 0 unspecified atom stereocenters. The predicted molar refractivity (Wildman–Crippen MR) is 105 cm³/mol. The molecule has 0 spiro atoms. The van der Waals surface area contributed by atoms with E-state index in [9.17, 15) is 4.79 Å². The molecule has 0 aliphatic heterocycles. The third kappa shape index (κ3) is 3.37. The number of hydrogen-bond donors (Lipinski definition) is 1. The van der Waals surface area contributed by atoms with Gasteiger partial charge in [-0.2, -0.15) is 0 Å². The van der Waals surface area contributed by atoms with Crippen molar-refractivity contribution in [3.05, 3.63) is 67.1 Å². The molecule has 0 bridgehead atoms. The van der Waals surface area contributed by atoms with Crippen molar-refractivity contribution in [1.82, 2.24) is 14.4 Å². The van der Waals surface area contributed by atoms with E-state index in [1.165, 1.54) is 6.92 Å². The molecule has 1 N–H and O–H groups in total. The molecule has 27 heavy (non-hydrogen) atoms. The molecule has 134 valence electrons. The maximum Gasteiger partial charge on any atom is 0.221 e. The number of amides is 1. The summed E-state index contributed by atoms with van der Waals surface area (Å²) >= 11 is 0. The Labute approximate surface area is 156 Å². The molecule has 0 atom stereocenters. The Morgan fingerprint density at radius 2 is 1.85 bits per heavy atom. The van der Waals surface area contributed by atoms with Crippen LogP contribution in [-0.4, -0.2) is 27.4 Å². The fourth-order valence-corrected chi connectivity index (χ4v) is 2.97. The minimum absolute atomic E-state index is 0.105. The molecule has 0 radical (unpaired) electrons. The standard InChI is InChI=1S/C21H18N4O2/c1-14(26)24-17-5-3-4-16(10-17)19-13-25-20(11-23-21(25)12-22-19)15-6-8-18(27-2)9-7-15/h3-13H,1-2H3,(H,24,26). The first-order valence-corrected chi connectivity index (χ1v) is 8.49. The minimum Gasteiger partial charge on any atom is -0.497 e. The van der Waals surface area contributed by atoms with Gasteiger partial charge in [-0.05, 0) is 36.4 Å². The molecule has 1 amide bonds. The number of nitrogens with zero attached hydrogens (tertiary/aromatic N) is 3. The number of anilines is 1. The van der Waals surface area contributed by atoms with Gasteiger partial charge in [0.05, 0.1) is 30.9 Å². The summed E-state index contributed by atoms with van der Waals surface area (Å²) in [6.45, 7) is 1.49. The highest BCUT2D eigenvalue weighted by atomic mass is 16.5. The molecule has 6 heteroatoms. The molecule has 2 heterocycles. The van der Waals surface area contributed by atoms with E-state index >= 15 is 0 Å². The molecule has 0 aliphatic rings. The van der Waals surface area contributed by atoms with Gasteiger partial charge in [0.15, 0.2) is 5.65 Å². The Kier molecular flexibility index (Phi) is 4.30. The van der Waals surface area contributed by atoms with Crippen LogP contribution in [0.5, 0.6) is 5.75 Å². The lowest BCUT2D eigenvalue weighted by molar-refractivity contribution is -0.114. The summed E-state index contributed by atoms with van der Waals surface area (Å²) in [4.78, 5) is 20.3. The van der Waals surface area contributed by atoms with Crippen LogP contribution >= 0.6 is 0 Å². The van der Waals surface area contributed by atoms with Gasteiger partial charge in [-0.1, -0.05) is 12.1 Å². The zero-order chi connectivity index (χ0) is 18.8. The third-order valence-corrected chi connectivity index (χ3v) is 4.26. The van der Waals surface area contributed by atoms with Gasteiger partial charge in [-0.25, -0.2) is 4.98 Å². The van der Waals surface area contributed by atoms with Gasteiger partial charge in [0.25, 0.3) is 0 Å². The van der Waals surface area contributed by atoms with Gasteiger partial charge < -0.3 is 10.1 Å². The predicted octanol–water partition coefficient (Wildman–Crippen LogP) is 4.03. The lowest BCUT2D eigenvalue weighted by atomic mass is 10.1. The van der Waals surface area contributed by atoms with Crippen molar-refractivity contribution >= 4 is 17.2 Å². The second-order valence-electron chi connectivity index (χ2n) is 6.13. The molecule has 6 nitrogen and oxygen atoms in total. The maximum absolute atomic E-state index is 11.3. The molecule has 0 saturated carbocycles. The first-order valence-electron chi connectivity index (χ1n) is 8.49. The van der Waals surface area contributed by atoms with Crippen LogP contribution in [0.25, 0.3) is 28.2 Å². The molecule has 0 aliphatic carbocycles. The number of carbonyl (C=O) groups is 1. The van der Waals surface area contributed by atoms with Crippen LogP contribution in [0.15, 0.2) is 67.1 Å². The summed E-state index contributed by atoms with van der Waals surface area (Å²) in [7, 11) is 1.65. The minimum atomic E-state index is -0.105. The molecule has 2 aromatic heterocycles. The van der Waals surface area contributed by atoms with Gasteiger partial charge in [-0.3, -0.25) is 14.2 Å². The van der Waals surface area contributed by atoms with Gasteiger partial charge >= 0.3 is 0 Å². The Balaban J connectivity index is 1.76. The number of carbonyl (C=O) groups excluding carboxylic acids is 1. The Bertz CT molecular complexity index is 1120. The van der Waals surface area contributed by atoms with Crippen LogP contribution in [0.3, 0.4) is 0 Å². The van der Waals surface area contributed by atoms with Crippen LogP contribution in [0, 0.1) is 0 Å².